The van der Waals surface area contributed by atoms with E-state index < -0.39 is 5.41 Å². The van der Waals surface area contributed by atoms with Gasteiger partial charge in [0, 0.05) is 16.2 Å². The summed E-state index contributed by atoms with van der Waals surface area (Å²) in [7, 11) is 0. The van der Waals surface area contributed by atoms with Crippen LogP contribution in [0.4, 0.5) is 0 Å². The minimum Gasteiger partial charge on any atom is -0.240 e. The van der Waals surface area contributed by atoms with Crippen molar-refractivity contribution in [2.45, 2.75) is 19.3 Å². The minimum absolute atomic E-state index is 0.540. The van der Waals surface area contributed by atoms with Gasteiger partial charge in [0.2, 0.25) is 0 Å². The summed E-state index contributed by atoms with van der Waals surface area (Å²) in [6.07, 6.45) is 1.69. The predicted octanol–water partition coefficient (Wildman–Crippen LogP) is 3.71. The predicted molar refractivity (Wildman–Crippen MR) is 73.8 cm³/mol. The molecule has 3 nitrogen and oxygen atoms in total. The highest BCUT2D eigenvalue weighted by Crippen LogP contribution is 2.27. The lowest BCUT2D eigenvalue weighted by Gasteiger charge is -2.14. The molecular weight excluding hydrogens is 290 g/mol. The third-order valence-corrected chi connectivity index (χ3v) is 3.34. The second-order valence-electron chi connectivity index (χ2n) is 4.48. The molecule has 0 amide bonds. The van der Waals surface area contributed by atoms with Gasteiger partial charge in [0.15, 0.2) is 0 Å². The second-order valence-corrected chi connectivity index (χ2v) is 5.34. The molecule has 1 heterocycles. The third-order valence-electron chi connectivity index (χ3n) is 2.64. The molecule has 0 saturated carbocycles. The number of halogens is 1. The van der Waals surface area contributed by atoms with Gasteiger partial charge in [-0.2, -0.15) is 5.26 Å². The Hall–Kier alpha value is -1.73. The highest BCUT2D eigenvalue weighted by Gasteiger charge is 2.23. The maximum Gasteiger partial charge on any atom is 0.148 e. The van der Waals surface area contributed by atoms with E-state index >= 15 is 0 Å². The third kappa shape index (κ3) is 2.41. The van der Waals surface area contributed by atoms with Crippen molar-refractivity contribution in [3.63, 3.8) is 0 Å². The summed E-state index contributed by atoms with van der Waals surface area (Å²) in [5.41, 5.74) is 1.13. The van der Waals surface area contributed by atoms with Crippen LogP contribution in [0.25, 0.3) is 11.3 Å². The van der Waals surface area contributed by atoms with Crippen molar-refractivity contribution in [1.29, 1.82) is 5.26 Å². The van der Waals surface area contributed by atoms with Crippen molar-refractivity contribution in [1.82, 2.24) is 9.97 Å². The number of nitriles is 1. The Morgan fingerprint density at radius 2 is 1.94 bits per heavy atom. The van der Waals surface area contributed by atoms with E-state index in [1.807, 2.05) is 44.2 Å². The van der Waals surface area contributed by atoms with Gasteiger partial charge in [-0.25, -0.2) is 9.97 Å². The molecule has 0 aliphatic heterocycles. The summed E-state index contributed by atoms with van der Waals surface area (Å²) in [6.45, 7) is 3.62. The van der Waals surface area contributed by atoms with Crippen molar-refractivity contribution in [2.75, 3.05) is 0 Å². The first-order valence-corrected chi connectivity index (χ1v) is 6.33. The molecule has 0 radical (unpaired) electrons. The van der Waals surface area contributed by atoms with Crippen LogP contribution in [0.3, 0.4) is 0 Å². The molecule has 0 aliphatic rings. The molecule has 0 spiro atoms. The molecule has 0 N–H and O–H groups in total. The van der Waals surface area contributed by atoms with Gasteiger partial charge in [-0.1, -0.05) is 34.1 Å². The van der Waals surface area contributed by atoms with Gasteiger partial charge in [-0.05, 0) is 26.0 Å². The summed E-state index contributed by atoms with van der Waals surface area (Å²) >= 11 is 3.50. The van der Waals surface area contributed by atoms with Crippen molar-refractivity contribution in [3.05, 3.63) is 46.8 Å². The molecule has 1 aromatic heterocycles. The summed E-state index contributed by atoms with van der Waals surface area (Å²) in [4.78, 5) is 8.67. The van der Waals surface area contributed by atoms with Crippen LogP contribution in [-0.2, 0) is 5.41 Å². The normalized spacial score (nSPS) is 11.0. The fraction of sp³-hybridized carbons (Fsp3) is 0.214. The Morgan fingerprint density at radius 1 is 1.22 bits per heavy atom. The average molecular weight is 302 g/mol. The quantitative estimate of drug-likeness (QED) is 0.849. The Morgan fingerprint density at radius 3 is 2.61 bits per heavy atom. The average Bonchev–Trinajstić information content (AvgIpc) is 2.39. The number of hydrogen-bond donors (Lipinski definition) is 0. The van der Waals surface area contributed by atoms with E-state index in [-0.39, 0.29) is 0 Å². The molecule has 0 unspecified atom stereocenters. The SMILES string of the molecule is CC(C)(C#N)c1nccc(-c2ccccc2Br)n1. The van der Waals surface area contributed by atoms with Gasteiger partial charge in [0.1, 0.15) is 11.2 Å². The number of hydrogen-bond acceptors (Lipinski definition) is 3. The van der Waals surface area contributed by atoms with Crippen molar-refractivity contribution in [2.24, 2.45) is 0 Å². The van der Waals surface area contributed by atoms with Crippen molar-refractivity contribution >= 4 is 15.9 Å². The van der Waals surface area contributed by atoms with E-state index in [2.05, 4.69) is 32.0 Å². The van der Waals surface area contributed by atoms with Crippen LogP contribution in [0.15, 0.2) is 41.0 Å². The summed E-state index contributed by atoms with van der Waals surface area (Å²) < 4.78 is 0.976. The lowest BCUT2D eigenvalue weighted by atomic mass is 9.94. The van der Waals surface area contributed by atoms with Gasteiger partial charge < -0.3 is 0 Å². The largest absolute Gasteiger partial charge is 0.240 e. The standard InChI is InChI=1S/C14H12BrN3/c1-14(2,9-16)13-17-8-7-12(18-13)10-5-3-4-6-11(10)15/h3-8H,1-2H3. The highest BCUT2D eigenvalue weighted by molar-refractivity contribution is 9.10. The van der Waals surface area contributed by atoms with Gasteiger partial charge >= 0.3 is 0 Å². The second kappa shape index (κ2) is 4.87. The van der Waals surface area contributed by atoms with E-state index in [4.69, 9.17) is 5.26 Å². The molecule has 0 bridgehead atoms. The van der Waals surface area contributed by atoms with E-state index in [1.165, 1.54) is 0 Å². The van der Waals surface area contributed by atoms with Crippen molar-refractivity contribution < 1.29 is 0 Å². The molecular formula is C14H12BrN3. The first-order chi connectivity index (χ1) is 8.54. The number of nitrogens with zero attached hydrogens (tertiary/aromatic N) is 3. The molecule has 90 valence electrons. The molecule has 2 aromatic rings. The van der Waals surface area contributed by atoms with Gasteiger partial charge in [0.05, 0.1) is 11.8 Å². The van der Waals surface area contributed by atoms with Crippen LogP contribution in [0, 0.1) is 11.3 Å². The smallest absolute Gasteiger partial charge is 0.148 e. The maximum absolute atomic E-state index is 9.12. The van der Waals surface area contributed by atoms with Crippen molar-refractivity contribution in [3.8, 4) is 17.3 Å². The molecule has 0 saturated heterocycles. The fourth-order valence-corrected chi connectivity index (χ4v) is 2.02. The van der Waals surface area contributed by atoms with Crippen LogP contribution in [-0.4, -0.2) is 9.97 Å². The number of aromatic nitrogens is 2. The molecule has 0 aliphatic carbocycles. The Kier molecular flexibility index (Phi) is 3.44. The Labute approximate surface area is 115 Å². The van der Waals surface area contributed by atoms with Gasteiger partial charge in [-0.3, -0.25) is 0 Å². The Bertz CT molecular complexity index is 614. The molecule has 18 heavy (non-hydrogen) atoms. The molecule has 0 fully saturated rings. The lowest BCUT2D eigenvalue weighted by molar-refractivity contribution is 0.630. The fourth-order valence-electron chi connectivity index (χ4n) is 1.53. The Balaban J connectivity index is 2.53. The van der Waals surface area contributed by atoms with Gasteiger partial charge in [-0.15, -0.1) is 0 Å². The lowest BCUT2D eigenvalue weighted by Crippen LogP contribution is -2.18. The molecule has 4 heteroatoms. The zero-order chi connectivity index (χ0) is 13.2. The first kappa shape index (κ1) is 12.7. The van der Waals surface area contributed by atoms with E-state index in [0.717, 1.165) is 15.7 Å². The van der Waals surface area contributed by atoms with E-state index in [9.17, 15) is 0 Å². The maximum atomic E-state index is 9.12. The zero-order valence-electron chi connectivity index (χ0n) is 10.2. The van der Waals surface area contributed by atoms with Crippen LogP contribution in [0.5, 0.6) is 0 Å². The minimum atomic E-state index is -0.683. The summed E-state index contributed by atoms with van der Waals surface area (Å²) in [5.74, 6) is 0.540. The highest BCUT2D eigenvalue weighted by atomic mass is 79.9. The zero-order valence-corrected chi connectivity index (χ0v) is 11.8. The van der Waals surface area contributed by atoms with Crippen LogP contribution < -0.4 is 0 Å². The van der Waals surface area contributed by atoms with Gasteiger partial charge in [0.25, 0.3) is 0 Å². The monoisotopic (exact) mass is 301 g/mol. The molecule has 1 aromatic carbocycles. The van der Waals surface area contributed by atoms with Crippen LogP contribution in [0.2, 0.25) is 0 Å². The summed E-state index contributed by atoms with van der Waals surface area (Å²) in [6, 6.07) is 11.9. The topological polar surface area (TPSA) is 49.6 Å². The number of benzene rings is 1. The molecule has 2 rings (SSSR count). The van der Waals surface area contributed by atoms with E-state index in [0.29, 0.717) is 5.82 Å². The summed E-state index contributed by atoms with van der Waals surface area (Å²) in [5, 5.41) is 9.12. The van der Waals surface area contributed by atoms with Crippen LogP contribution in [0.1, 0.15) is 19.7 Å². The van der Waals surface area contributed by atoms with E-state index in [1.54, 1.807) is 6.20 Å². The first-order valence-electron chi connectivity index (χ1n) is 5.54. The molecule has 0 atom stereocenters. The number of rotatable bonds is 2. The van der Waals surface area contributed by atoms with Crippen LogP contribution >= 0.6 is 15.9 Å².